The van der Waals surface area contributed by atoms with Gasteiger partial charge in [-0.15, -0.1) is 0 Å². The van der Waals surface area contributed by atoms with Crippen LogP contribution in [0.1, 0.15) is 11.1 Å². The number of urea groups is 2. The van der Waals surface area contributed by atoms with Crippen LogP contribution in [0.4, 0.5) is 21.0 Å². The second-order valence-corrected chi connectivity index (χ2v) is 9.11. The zero-order chi connectivity index (χ0) is 26.7. The van der Waals surface area contributed by atoms with Crippen molar-refractivity contribution in [3.8, 4) is 11.1 Å². The van der Waals surface area contributed by atoms with E-state index in [2.05, 4.69) is 26.1 Å². The Hall–Kier alpha value is -4.63. The Labute approximate surface area is 222 Å². The molecule has 4 N–H and O–H groups in total. The number of amides is 4. The van der Waals surface area contributed by atoms with E-state index in [0.717, 1.165) is 22.3 Å². The predicted octanol–water partition coefficient (Wildman–Crippen LogP) is 4.68. The summed E-state index contributed by atoms with van der Waals surface area (Å²) in [5.74, 6) is 0. The molecule has 0 bridgehead atoms. The molecule has 9 nitrogen and oxygen atoms in total. The van der Waals surface area contributed by atoms with Gasteiger partial charge in [0.15, 0.2) is 0 Å². The van der Waals surface area contributed by atoms with Crippen LogP contribution in [0.5, 0.6) is 0 Å². The van der Waals surface area contributed by atoms with Gasteiger partial charge in [0, 0.05) is 37.9 Å². The quantitative estimate of drug-likeness (QED) is 0.248. The van der Waals surface area contributed by atoms with Gasteiger partial charge in [-0.25, -0.2) is 9.59 Å². The maximum absolute atomic E-state index is 13.5. The highest BCUT2D eigenvalue weighted by Gasteiger charge is 2.21. The number of rotatable bonds is 10. The molecule has 0 aliphatic rings. The van der Waals surface area contributed by atoms with Crippen molar-refractivity contribution in [1.29, 1.82) is 0 Å². The zero-order valence-corrected chi connectivity index (χ0v) is 21.6. The topological polar surface area (TPSA) is 105 Å². The van der Waals surface area contributed by atoms with Gasteiger partial charge in [-0.3, -0.25) is 10.00 Å². The Morgan fingerprint density at radius 1 is 0.816 bits per heavy atom. The Morgan fingerprint density at radius 2 is 1.47 bits per heavy atom. The Balaban J connectivity index is 1.60. The Morgan fingerprint density at radius 3 is 2.08 bits per heavy atom. The molecule has 4 amide bonds. The molecule has 0 radical (unpaired) electrons. The Kier molecular flexibility index (Phi) is 9.09. The number of benzene rings is 3. The van der Waals surface area contributed by atoms with Crippen LogP contribution in [-0.4, -0.2) is 54.3 Å². The second kappa shape index (κ2) is 13.1. The number of likely N-dealkylation sites (N-methyl/N-ethyl adjacent to an activating group) is 1. The van der Waals surface area contributed by atoms with Crippen LogP contribution in [0.15, 0.2) is 91.3 Å². The highest BCUT2D eigenvalue weighted by molar-refractivity contribution is 6.01. The molecule has 0 atom stereocenters. The normalized spacial score (nSPS) is 10.7. The van der Waals surface area contributed by atoms with E-state index in [0.29, 0.717) is 37.6 Å². The van der Waals surface area contributed by atoms with Crippen molar-refractivity contribution in [3.63, 3.8) is 0 Å². The summed E-state index contributed by atoms with van der Waals surface area (Å²) in [7, 11) is 3.91. The molecule has 0 aliphatic carbocycles. The van der Waals surface area contributed by atoms with Gasteiger partial charge in [-0.1, -0.05) is 66.7 Å². The minimum Gasteiger partial charge on any atom is -0.334 e. The molecule has 1 heterocycles. The number of nitrogens with zero attached hydrogens (tertiary/aromatic N) is 3. The highest BCUT2D eigenvalue weighted by Crippen LogP contribution is 2.32. The molecule has 4 aromatic rings. The first-order chi connectivity index (χ1) is 18.5. The summed E-state index contributed by atoms with van der Waals surface area (Å²) >= 11 is 0. The van der Waals surface area contributed by atoms with Crippen molar-refractivity contribution < 1.29 is 9.59 Å². The van der Waals surface area contributed by atoms with Crippen molar-refractivity contribution >= 4 is 23.4 Å². The van der Waals surface area contributed by atoms with E-state index < -0.39 is 0 Å². The van der Waals surface area contributed by atoms with Crippen LogP contribution in [-0.2, 0) is 13.1 Å². The molecule has 196 valence electrons. The average Bonchev–Trinajstić information content (AvgIpc) is 3.48. The van der Waals surface area contributed by atoms with Crippen LogP contribution >= 0.6 is 0 Å². The number of nitrogens with one attached hydrogen (secondary N) is 4. The third-order valence-electron chi connectivity index (χ3n) is 5.97. The molecule has 9 heteroatoms. The number of aromatic nitrogens is 2. The molecule has 38 heavy (non-hydrogen) atoms. The smallest absolute Gasteiger partial charge is 0.322 e. The third-order valence-corrected chi connectivity index (χ3v) is 5.97. The lowest BCUT2D eigenvalue weighted by atomic mass is 10.1. The number of aromatic amines is 1. The van der Waals surface area contributed by atoms with Crippen molar-refractivity contribution in [2.45, 2.75) is 13.1 Å². The van der Waals surface area contributed by atoms with E-state index in [-0.39, 0.29) is 12.1 Å². The number of hydrogen-bond acceptors (Lipinski definition) is 4. The fourth-order valence-corrected chi connectivity index (χ4v) is 3.89. The SMILES string of the molecule is CN(C)CCN(C(=O)NCc1ccccc1)c1cc(-c2cn[nH]c2)ccc1NC(=O)NCc1ccccc1. The van der Waals surface area contributed by atoms with Gasteiger partial charge in [0.2, 0.25) is 0 Å². The minimum atomic E-state index is -0.358. The monoisotopic (exact) mass is 511 g/mol. The summed E-state index contributed by atoms with van der Waals surface area (Å²) in [5, 5.41) is 15.7. The second-order valence-electron chi connectivity index (χ2n) is 9.11. The fourth-order valence-electron chi connectivity index (χ4n) is 3.89. The van der Waals surface area contributed by atoms with Crippen LogP contribution in [0, 0.1) is 0 Å². The number of carbonyl (C=O) groups excluding carboxylic acids is 2. The number of H-pyrrole nitrogens is 1. The fraction of sp³-hybridized carbons (Fsp3) is 0.207. The number of anilines is 2. The molecule has 0 fully saturated rings. The maximum atomic E-state index is 13.5. The molecule has 0 saturated carbocycles. The summed E-state index contributed by atoms with van der Waals surface area (Å²) in [6.45, 7) is 1.83. The first-order valence-electron chi connectivity index (χ1n) is 12.5. The van der Waals surface area contributed by atoms with Gasteiger partial charge < -0.3 is 20.9 Å². The highest BCUT2D eigenvalue weighted by atomic mass is 16.2. The summed E-state index contributed by atoms with van der Waals surface area (Å²) in [6, 6.07) is 24.4. The van der Waals surface area contributed by atoms with Crippen molar-refractivity contribution in [1.82, 2.24) is 25.7 Å². The summed E-state index contributed by atoms with van der Waals surface area (Å²) in [4.78, 5) is 30.1. The van der Waals surface area contributed by atoms with Gasteiger partial charge in [-0.2, -0.15) is 5.10 Å². The van der Waals surface area contributed by atoms with E-state index in [1.807, 2.05) is 97.9 Å². The predicted molar refractivity (Wildman–Crippen MR) is 151 cm³/mol. The van der Waals surface area contributed by atoms with Crippen molar-refractivity contribution in [2.24, 2.45) is 0 Å². The number of hydrogen-bond donors (Lipinski definition) is 4. The molecule has 0 unspecified atom stereocenters. The summed E-state index contributed by atoms with van der Waals surface area (Å²) in [5.41, 5.74) is 4.85. The van der Waals surface area contributed by atoms with Crippen molar-refractivity contribution in [2.75, 3.05) is 37.4 Å². The van der Waals surface area contributed by atoms with Crippen LogP contribution in [0.3, 0.4) is 0 Å². The summed E-state index contributed by atoms with van der Waals surface area (Å²) < 4.78 is 0. The van der Waals surface area contributed by atoms with Crippen LogP contribution in [0.25, 0.3) is 11.1 Å². The molecule has 4 rings (SSSR count). The summed E-state index contributed by atoms with van der Waals surface area (Å²) in [6.07, 6.45) is 3.51. The van der Waals surface area contributed by atoms with E-state index in [9.17, 15) is 9.59 Å². The van der Waals surface area contributed by atoms with Gasteiger partial charge in [0.25, 0.3) is 0 Å². The van der Waals surface area contributed by atoms with Crippen LogP contribution in [0.2, 0.25) is 0 Å². The molecule has 0 saturated heterocycles. The van der Waals surface area contributed by atoms with Crippen molar-refractivity contribution in [3.05, 3.63) is 102 Å². The van der Waals surface area contributed by atoms with Gasteiger partial charge >= 0.3 is 12.1 Å². The number of carbonyl (C=O) groups is 2. The van der Waals surface area contributed by atoms with E-state index in [1.165, 1.54) is 0 Å². The zero-order valence-electron chi connectivity index (χ0n) is 21.6. The average molecular weight is 512 g/mol. The van der Waals surface area contributed by atoms with E-state index >= 15 is 0 Å². The first kappa shape index (κ1) is 26.4. The lowest BCUT2D eigenvalue weighted by Gasteiger charge is -2.27. The van der Waals surface area contributed by atoms with E-state index in [4.69, 9.17) is 0 Å². The minimum absolute atomic E-state index is 0.257. The van der Waals surface area contributed by atoms with Gasteiger partial charge in [-0.05, 0) is 42.9 Å². The maximum Gasteiger partial charge on any atom is 0.322 e. The lowest BCUT2D eigenvalue weighted by molar-refractivity contribution is 0.244. The first-order valence-corrected chi connectivity index (χ1v) is 12.5. The lowest BCUT2D eigenvalue weighted by Crippen LogP contribution is -2.43. The van der Waals surface area contributed by atoms with Gasteiger partial charge in [0.1, 0.15) is 0 Å². The third kappa shape index (κ3) is 7.44. The molecule has 3 aromatic carbocycles. The van der Waals surface area contributed by atoms with Crippen LogP contribution < -0.4 is 20.9 Å². The molecule has 0 aliphatic heterocycles. The molecular weight excluding hydrogens is 478 g/mol. The standard InChI is InChI=1S/C29H33N7O2/c1-35(2)15-16-36(29(38)31-19-23-11-7-4-8-12-23)27-17-24(25-20-32-33-21-25)13-14-26(27)34-28(37)30-18-22-9-5-3-6-10-22/h3-14,17,20-21H,15-16,18-19H2,1-2H3,(H,31,38)(H,32,33)(H2,30,34,37). The Bertz CT molecular complexity index is 1310. The molecule has 1 aromatic heterocycles. The molecular formula is C29H33N7O2. The molecule has 0 spiro atoms. The van der Waals surface area contributed by atoms with E-state index in [1.54, 1.807) is 17.3 Å². The largest absolute Gasteiger partial charge is 0.334 e. The van der Waals surface area contributed by atoms with Gasteiger partial charge in [0.05, 0.1) is 17.6 Å².